The maximum absolute atomic E-state index is 12.0. The highest BCUT2D eigenvalue weighted by molar-refractivity contribution is 7.21. The molecule has 1 unspecified atom stereocenters. The second kappa shape index (κ2) is 4.71. The summed E-state index contributed by atoms with van der Waals surface area (Å²) in [6.07, 6.45) is 5.24. The predicted octanol–water partition coefficient (Wildman–Crippen LogP) is 2.54. The molecule has 3 N–H and O–H groups in total. The Hall–Kier alpha value is -1.99. The molecule has 0 bridgehead atoms. The van der Waals surface area contributed by atoms with Crippen LogP contribution in [0, 0.1) is 19.3 Å². The number of nitrogens with one attached hydrogen (secondary N) is 1. The van der Waals surface area contributed by atoms with E-state index < -0.39 is 0 Å². The summed E-state index contributed by atoms with van der Waals surface area (Å²) >= 11 is 1.41. The van der Waals surface area contributed by atoms with Crippen LogP contribution in [0.1, 0.15) is 22.2 Å². The number of carbonyl (C=O) groups excluding carboxylic acids is 1. The Bertz CT molecular complexity index is 652. The summed E-state index contributed by atoms with van der Waals surface area (Å²) in [6, 6.07) is 5.56. The maximum atomic E-state index is 12.0. The van der Waals surface area contributed by atoms with E-state index in [1.165, 1.54) is 11.3 Å². The van der Waals surface area contributed by atoms with Crippen molar-refractivity contribution in [2.45, 2.75) is 19.9 Å². The number of thiophene rings is 1. The van der Waals surface area contributed by atoms with Crippen molar-refractivity contribution in [3.8, 4) is 12.3 Å². The van der Waals surface area contributed by atoms with Gasteiger partial charge in [0.05, 0.1) is 11.7 Å². The Balaban J connectivity index is 2.47. The fraction of sp³-hybridized carbons (Fsp3) is 0.214. The van der Waals surface area contributed by atoms with Crippen LogP contribution in [0.5, 0.6) is 0 Å². The van der Waals surface area contributed by atoms with E-state index in [2.05, 4.69) is 11.2 Å². The van der Waals surface area contributed by atoms with Gasteiger partial charge in [-0.15, -0.1) is 17.8 Å². The average molecular weight is 258 g/mol. The van der Waals surface area contributed by atoms with E-state index in [1.54, 1.807) is 6.92 Å². The van der Waals surface area contributed by atoms with Crippen LogP contribution in [0.25, 0.3) is 10.1 Å². The highest BCUT2D eigenvalue weighted by Gasteiger charge is 2.17. The maximum Gasteiger partial charge on any atom is 0.264 e. The highest BCUT2D eigenvalue weighted by atomic mass is 32.1. The molecular weight excluding hydrogens is 244 g/mol. The first-order valence-electron chi connectivity index (χ1n) is 5.59. The highest BCUT2D eigenvalue weighted by Crippen LogP contribution is 2.35. The van der Waals surface area contributed by atoms with Gasteiger partial charge in [-0.05, 0) is 19.4 Å². The van der Waals surface area contributed by atoms with Crippen molar-refractivity contribution in [2.75, 3.05) is 5.73 Å². The molecule has 0 aliphatic rings. The van der Waals surface area contributed by atoms with Crippen molar-refractivity contribution in [3.05, 3.63) is 28.6 Å². The van der Waals surface area contributed by atoms with Crippen molar-refractivity contribution in [1.82, 2.24) is 5.32 Å². The molecule has 1 aromatic heterocycles. The number of nitrogens with two attached hydrogens (primary N) is 1. The van der Waals surface area contributed by atoms with E-state index in [0.29, 0.717) is 10.6 Å². The first-order chi connectivity index (χ1) is 8.54. The summed E-state index contributed by atoms with van der Waals surface area (Å²) in [5.74, 6) is 2.25. The van der Waals surface area contributed by atoms with Gasteiger partial charge in [0, 0.05) is 10.1 Å². The van der Waals surface area contributed by atoms with Crippen LogP contribution in [0.4, 0.5) is 5.69 Å². The number of rotatable bonds is 2. The van der Waals surface area contributed by atoms with Crippen molar-refractivity contribution in [1.29, 1.82) is 0 Å². The number of nitrogen functional groups attached to an aromatic ring is 1. The van der Waals surface area contributed by atoms with Crippen LogP contribution in [0.15, 0.2) is 18.2 Å². The minimum Gasteiger partial charge on any atom is -0.397 e. The van der Waals surface area contributed by atoms with Crippen molar-refractivity contribution >= 4 is 33.0 Å². The first kappa shape index (κ1) is 12.5. The standard InChI is InChI=1S/C14H14N2OS/c1-4-9(3)16-14(17)13-11(15)10-7-5-6-8(2)12(10)18-13/h1,5-7,9H,15H2,2-3H3,(H,16,17). The molecular formula is C14H14N2OS. The molecule has 1 amide bonds. The van der Waals surface area contributed by atoms with Crippen molar-refractivity contribution in [3.63, 3.8) is 0 Å². The summed E-state index contributed by atoms with van der Waals surface area (Å²) < 4.78 is 1.05. The lowest BCUT2D eigenvalue weighted by Gasteiger charge is -2.06. The lowest BCUT2D eigenvalue weighted by Crippen LogP contribution is -2.31. The van der Waals surface area contributed by atoms with Gasteiger partial charge in [0.2, 0.25) is 0 Å². The number of carbonyl (C=O) groups is 1. The van der Waals surface area contributed by atoms with Gasteiger partial charge in [0.25, 0.3) is 5.91 Å². The topological polar surface area (TPSA) is 55.1 Å². The largest absolute Gasteiger partial charge is 0.397 e. The van der Waals surface area contributed by atoms with Crippen LogP contribution in [-0.2, 0) is 0 Å². The van der Waals surface area contributed by atoms with Gasteiger partial charge in [0.15, 0.2) is 0 Å². The number of terminal acetylenes is 1. The molecule has 0 fully saturated rings. The monoisotopic (exact) mass is 258 g/mol. The SMILES string of the molecule is C#CC(C)NC(=O)c1sc2c(C)cccc2c1N. The Morgan fingerprint density at radius 3 is 2.89 bits per heavy atom. The van der Waals surface area contributed by atoms with Crippen molar-refractivity contribution in [2.24, 2.45) is 0 Å². The smallest absolute Gasteiger partial charge is 0.264 e. The number of fused-ring (bicyclic) bond motifs is 1. The van der Waals surface area contributed by atoms with Crippen LogP contribution < -0.4 is 11.1 Å². The molecule has 4 heteroatoms. The summed E-state index contributed by atoms with van der Waals surface area (Å²) in [4.78, 5) is 12.6. The summed E-state index contributed by atoms with van der Waals surface area (Å²) in [6.45, 7) is 3.76. The molecule has 92 valence electrons. The van der Waals surface area contributed by atoms with Crippen molar-refractivity contribution < 1.29 is 4.79 Å². The molecule has 0 aliphatic carbocycles. The molecule has 0 saturated heterocycles. The van der Waals surface area contributed by atoms with Crippen LogP contribution in [0.3, 0.4) is 0 Å². The Morgan fingerprint density at radius 2 is 2.28 bits per heavy atom. The van der Waals surface area contributed by atoms with E-state index in [9.17, 15) is 4.79 Å². The Labute approximate surface area is 110 Å². The molecule has 1 atom stereocenters. The second-order valence-electron chi connectivity index (χ2n) is 4.16. The molecule has 18 heavy (non-hydrogen) atoms. The third-order valence-electron chi connectivity index (χ3n) is 2.75. The zero-order valence-corrected chi connectivity index (χ0v) is 11.1. The van der Waals surface area contributed by atoms with Crippen LogP contribution in [-0.4, -0.2) is 11.9 Å². The molecule has 0 radical (unpaired) electrons. The van der Waals surface area contributed by atoms with Gasteiger partial charge in [-0.2, -0.15) is 0 Å². The minimum atomic E-state index is -0.303. The summed E-state index contributed by atoms with van der Waals surface area (Å²) in [7, 11) is 0. The first-order valence-corrected chi connectivity index (χ1v) is 6.40. The summed E-state index contributed by atoms with van der Waals surface area (Å²) in [5, 5.41) is 3.65. The zero-order valence-electron chi connectivity index (χ0n) is 10.3. The molecule has 2 aromatic rings. The van der Waals surface area contributed by atoms with Crippen LogP contribution >= 0.6 is 11.3 Å². The van der Waals surface area contributed by atoms with Gasteiger partial charge >= 0.3 is 0 Å². The van der Waals surface area contributed by atoms with Gasteiger partial charge in [-0.25, -0.2) is 0 Å². The van der Waals surface area contributed by atoms with E-state index in [4.69, 9.17) is 12.2 Å². The quantitative estimate of drug-likeness (QED) is 0.813. The van der Waals surface area contributed by atoms with E-state index in [1.807, 2.05) is 25.1 Å². The minimum absolute atomic E-state index is 0.210. The fourth-order valence-electron chi connectivity index (χ4n) is 1.75. The van der Waals surface area contributed by atoms with Crippen LogP contribution in [0.2, 0.25) is 0 Å². The molecule has 0 saturated carbocycles. The number of amides is 1. The lowest BCUT2D eigenvalue weighted by molar-refractivity contribution is 0.0953. The normalized spacial score (nSPS) is 12.1. The third-order valence-corrected chi connectivity index (χ3v) is 4.11. The molecule has 3 nitrogen and oxygen atoms in total. The molecule has 1 heterocycles. The molecule has 2 rings (SSSR count). The number of hydrogen-bond acceptors (Lipinski definition) is 3. The van der Waals surface area contributed by atoms with E-state index in [-0.39, 0.29) is 11.9 Å². The van der Waals surface area contributed by atoms with E-state index in [0.717, 1.165) is 15.6 Å². The Morgan fingerprint density at radius 1 is 1.56 bits per heavy atom. The third kappa shape index (κ3) is 2.05. The van der Waals surface area contributed by atoms with Gasteiger partial charge in [-0.1, -0.05) is 24.1 Å². The number of hydrogen-bond donors (Lipinski definition) is 2. The predicted molar refractivity (Wildman–Crippen MR) is 76.7 cm³/mol. The molecule has 0 spiro atoms. The molecule has 0 aliphatic heterocycles. The second-order valence-corrected chi connectivity index (χ2v) is 5.18. The summed E-state index contributed by atoms with van der Waals surface area (Å²) in [5.41, 5.74) is 7.67. The van der Waals surface area contributed by atoms with Gasteiger partial charge < -0.3 is 11.1 Å². The average Bonchev–Trinajstić information content (AvgIpc) is 2.69. The Kier molecular flexibility index (Phi) is 3.26. The fourth-order valence-corrected chi connectivity index (χ4v) is 2.84. The number of benzene rings is 1. The van der Waals surface area contributed by atoms with Gasteiger partial charge in [0.1, 0.15) is 4.88 Å². The van der Waals surface area contributed by atoms with E-state index >= 15 is 0 Å². The number of anilines is 1. The van der Waals surface area contributed by atoms with Gasteiger partial charge in [-0.3, -0.25) is 4.79 Å². The zero-order chi connectivity index (χ0) is 13.3. The molecule has 1 aromatic carbocycles. The lowest BCUT2D eigenvalue weighted by atomic mass is 10.1. The number of aryl methyl sites for hydroxylation is 1.